The van der Waals surface area contributed by atoms with E-state index < -0.39 is 0 Å². The van der Waals surface area contributed by atoms with Gasteiger partial charge in [0.1, 0.15) is 19.0 Å². The number of ether oxygens (including phenoxy) is 2. The summed E-state index contributed by atoms with van der Waals surface area (Å²) in [6, 6.07) is 12.0. The lowest BCUT2D eigenvalue weighted by Gasteiger charge is -2.28. The maximum Gasteiger partial charge on any atom is 0.236 e. The summed E-state index contributed by atoms with van der Waals surface area (Å²) >= 11 is 0. The van der Waals surface area contributed by atoms with Crippen molar-refractivity contribution in [3.63, 3.8) is 0 Å². The molecule has 5 nitrogen and oxygen atoms in total. The van der Waals surface area contributed by atoms with Crippen LogP contribution in [0.25, 0.3) is 0 Å². The van der Waals surface area contributed by atoms with E-state index >= 15 is 0 Å². The largest absolute Gasteiger partial charge is 0.486 e. The number of carbonyl (C=O) groups is 1. The summed E-state index contributed by atoms with van der Waals surface area (Å²) in [7, 11) is 3.68. The van der Waals surface area contributed by atoms with Crippen LogP contribution < -0.4 is 9.47 Å². The van der Waals surface area contributed by atoms with Crippen LogP contribution in [-0.2, 0) is 11.3 Å². The third kappa shape index (κ3) is 4.77. The number of halogens is 1. The highest BCUT2D eigenvalue weighted by molar-refractivity contribution is 5.78. The van der Waals surface area contributed by atoms with Crippen LogP contribution in [0.4, 0.5) is 4.39 Å². The number of carbonyl (C=O) groups excluding carboxylic acids is 1. The normalized spacial score (nSPS) is 14.1. The molecule has 0 radical (unpaired) electrons. The van der Waals surface area contributed by atoms with Gasteiger partial charge < -0.3 is 14.4 Å². The average molecular weight is 372 g/mol. The van der Waals surface area contributed by atoms with Gasteiger partial charge in [0.05, 0.1) is 12.6 Å². The van der Waals surface area contributed by atoms with Crippen LogP contribution >= 0.6 is 0 Å². The second-order valence-electron chi connectivity index (χ2n) is 6.88. The summed E-state index contributed by atoms with van der Waals surface area (Å²) in [5.74, 6) is 1.24. The van der Waals surface area contributed by atoms with E-state index in [4.69, 9.17) is 9.47 Å². The first-order chi connectivity index (χ1) is 12.9. The summed E-state index contributed by atoms with van der Waals surface area (Å²) in [4.78, 5) is 16.3. The Balaban J connectivity index is 1.57. The van der Waals surface area contributed by atoms with Crippen molar-refractivity contribution in [3.8, 4) is 11.5 Å². The molecule has 1 aliphatic rings. The minimum absolute atomic E-state index is 0.00636. The van der Waals surface area contributed by atoms with Crippen molar-refractivity contribution in [3.05, 3.63) is 59.4 Å². The van der Waals surface area contributed by atoms with Gasteiger partial charge in [0, 0.05) is 13.6 Å². The number of hydrogen-bond acceptors (Lipinski definition) is 4. The topological polar surface area (TPSA) is 42.0 Å². The van der Waals surface area contributed by atoms with Crippen LogP contribution in [0.3, 0.4) is 0 Å². The second kappa shape index (κ2) is 8.39. The Bertz CT molecular complexity index is 795. The van der Waals surface area contributed by atoms with E-state index in [1.807, 2.05) is 37.1 Å². The highest BCUT2D eigenvalue weighted by Crippen LogP contribution is 2.31. The lowest BCUT2D eigenvalue weighted by Crippen LogP contribution is -2.37. The van der Waals surface area contributed by atoms with Crippen LogP contribution in [0.1, 0.15) is 24.1 Å². The molecule has 144 valence electrons. The number of hydrogen-bond donors (Lipinski definition) is 0. The Labute approximate surface area is 159 Å². The fourth-order valence-corrected chi connectivity index (χ4v) is 3.08. The molecule has 1 unspecified atom stereocenters. The summed E-state index contributed by atoms with van der Waals surface area (Å²) in [5, 5.41) is 0. The maximum atomic E-state index is 13.1. The first-order valence-electron chi connectivity index (χ1n) is 9.02. The van der Waals surface area contributed by atoms with E-state index in [0.717, 1.165) is 22.6 Å². The van der Waals surface area contributed by atoms with Crippen LogP contribution in [-0.4, -0.2) is 49.6 Å². The summed E-state index contributed by atoms with van der Waals surface area (Å²) in [6.45, 7) is 3.97. The van der Waals surface area contributed by atoms with Gasteiger partial charge in [0.25, 0.3) is 0 Å². The highest BCUT2D eigenvalue weighted by atomic mass is 19.1. The molecule has 0 N–H and O–H groups in total. The van der Waals surface area contributed by atoms with Gasteiger partial charge in [-0.2, -0.15) is 0 Å². The fourth-order valence-electron chi connectivity index (χ4n) is 3.08. The molecular weight excluding hydrogens is 347 g/mol. The molecule has 0 aromatic heterocycles. The van der Waals surface area contributed by atoms with Gasteiger partial charge in [-0.05, 0) is 49.4 Å². The van der Waals surface area contributed by atoms with Crippen LogP contribution in [0.15, 0.2) is 42.5 Å². The molecule has 0 saturated heterocycles. The predicted molar refractivity (Wildman–Crippen MR) is 101 cm³/mol. The predicted octanol–water partition coefficient (Wildman–Crippen LogP) is 3.25. The van der Waals surface area contributed by atoms with E-state index in [-0.39, 0.29) is 24.3 Å². The minimum atomic E-state index is -0.279. The number of amides is 1. The highest BCUT2D eigenvalue weighted by Gasteiger charge is 2.19. The van der Waals surface area contributed by atoms with Crippen molar-refractivity contribution in [2.75, 3.05) is 33.9 Å². The quantitative estimate of drug-likeness (QED) is 0.781. The van der Waals surface area contributed by atoms with Crippen molar-refractivity contribution in [2.24, 2.45) is 0 Å². The number of fused-ring (bicyclic) bond motifs is 1. The third-order valence-corrected chi connectivity index (χ3v) is 4.79. The lowest BCUT2D eigenvalue weighted by molar-refractivity contribution is -0.132. The van der Waals surface area contributed by atoms with Crippen molar-refractivity contribution in [1.29, 1.82) is 0 Å². The molecule has 0 saturated carbocycles. The molecule has 0 bridgehead atoms. The number of benzene rings is 2. The van der Waals surface area contributed by atoms with E-state index in [9.17, 15) is 9.18 Å². The molecule has 0 spiro atoms. The Morgan fingerprint density at radius 3 is 2.44 bits per heavy atom. The monoisotopic (exact) mass is 372 g/mol. The molecule has 2 aromatic rings. The molecule has 1 atom stereocenters. The van der Waals surface area contributed by atoms with E-state index in [0.29, 0.717) is 19.8 Å². The number of likely N-dealkylation sites (N-methyl/N-ethyl adjacent to an activating group) is 2. The fraction of sp³-hybridized carbons (Fsp3) is 0.381. The smallest absolute Gasteiger partial charge is 0.236 e. The van der Waals surface area contributed by atoms with Gasteiger partial charge >= 0.3 is 0 Å². The van der Waals surface area contributed by atoms with E-state index in [1.54, 1.807) is 24.1 Å². The number of nitrogens with zero attached hydrogens (tertiary/aromatic N) is 2. The molecule has 1 heterocycles. The molecule has 0 aliphatic carbocycles. The van der Waals surface area contributed by atoms with Crippen molar-refractivity contribution < 1.29 is 18.7 Å². The molecule has 27 heavy (non-hydrogen) atoms. The van der Waals surface area contributed by atoms with E-state index in [1.165, 1.54) is 12.1 Å². The zero-order valence-corrected chi connectivity index (χ0v) is 15.9. The standard InChI is InChI=1S/C21H25FN2O3/c1-15(17-5-7-18(22)8-6-17)24(3)21(25)14-23(2)13-16-4-9-19-20(12-16)27-11-10-26-19/h4-9,12,15H,10-11,13-14H2,1-3H3. The summed E-state index contributed by atoms with van der Waals surface area (Å²) in [5.41, 5.74) is 1.96. The van der Waals surface area contributed by atoms with Gasteiger partial charge in [-0.15, -0.1) is 0 Å². The third-order valence-electron chi connectivity index (χ3n) is 4.79. The molecule has 1 amide bonds. The zero-order valence-electron chi connectivity index (χ0n) is 15.9. The van der Waals surface area contributed by atoms with Gasteiger partial charge in [0.2, 0.25) is 5.91 Å². The Hall–Kier alpha value is -2.60. The van der Waals surface area contributed by atoms with E-state index in [2.05, 4.69) is 0 Å². The van der Waals surface area contributed by atoms with Crippen molar-refractivity contribution >= 4 is 5.91 Å². The molecule has 1 aliphatic heterocycles. The van der Waals surface area contributed by atoms with Gasteiger partial charge in [-0.25, -0.2) is 4.39 Å². The van der Waals surface area contributed by atoms with Crippen molar-refractivity contribution in [2.45, 2.75) is 19.5 Å². The molecular formula is C21H25FN2O3. The maximum absolute atomic E-state index is 13.1. The molecule has 6 heteroatoms. The Morgan fingerprint density at radius 2 is 1.74 bits per heavy atom. The van der Waals surface area contributed by atoms with Crippen molar-refractivity contribution in [1.82, 2.24) is 9.80 Å². The number of rotatable bonds is 6. The van der Waals surface area contributed by atoms with Gasteiger partial charge in [-0.3, -0.25) is 9.69 Å². The molecule has 0 fully saturated rings. The lowest BCUT2D eigenvalue weighted by atomic mass is 10.1. The summed E-state index contributed by atoms with van der Waals surface area (Å²) in [6.07, 6.45) is 0. The SMILES string of the molecule is CC(c1ccc(F)cc1)N(C)C(=O)CN(C)Cc1ccc2c(c1)OCCO2. The molecule has 3 rings (SSSR count). The van der Waals surface area contributed by atoms with Crippen LogP contribution in [0.2, 0.25) is 0 Å². The Morgan fingerprint density at radius 1 is 1.07 bits per heavy atom. The Kier molecular flexibility index (Phi) is 5.96. The first kappa shape index (κ1) is 19.2. The molecule has 2 aromatic carbocycles. The minimum Gasteiger partial charge on any atom is -0.486 e. The van der Waals surface area contributed by atoms with Gasteiger partial charge in [0.15, 0.2) is 11.5 Å². The zero-order chi connectivity index (χ0) is 19.4. The van der Waals surface area contributed by atoms with Crippen LogP contribution in [0.5, 0.6) is 11.5 Å². The first-order valence-corrected chi connectivity index (χ1v) is 9.02. The van der Waals surface area contributed by atoms with Gasteiger partial charge in [-0.1, -0.05) is 18.2 Å². The average Bonchev–Trinajstić information content (AvgIpc) is 2.67. The summed E-state index contributed by atoms with van der Waals surface area (Å²) < 4.78 is 24.2. The van der Waals surface area contributed by atoms with Crippen LogP contribution in [0, 0.1) is 5.82 Å². The second-order valence-corrected chi connectivity index (χ2v) is 6.88.